The quantitative estimate of drug-likeness (QED) is 0.556. The molecule has 5 heteroatoms. The van der Waals surface area contributed by atoms with Crippen LogP contribution in [-0.4, -0.2) is 43.7 Å². The molecule has 5 nitrogen and oxygen atoms in total. The Kier molecular flexibility index (Phi) is 5.91. The van der Waals surface area contributed by atoms with Crippen LogP contribution < -0.4 is 4.74 Å². The van der Waals surface area contributed by atoms with Crippen LogP contribution in [0.1, 0.15) is 25.0 Å². The van der Waals surface area contributed by atoms with Gasteiger partial charge in [-0.15, -0.1) is 0 Å². The molecule has 0 N–H and O–H groups in total. The van der Waals surface area contributed by atoms with Gasteiger partial charge in [0, 0.05) is 41.2 Å². The van der Waals surface area contributed by atoms with E-state index in [1.807, 2.05) is 43.9 Å². The minimum absolute atomic E-state index is 0.00600. The van der Waals surface area contributed by atoms with Crippen LogP contribution in [0.15, 0.2) is 53.2 Å². The van der Waals surface area contributed by atoms with Crippen LogP contribution >= 0.6 is 0 Å². The zero-order valence-corrected chi connectivity index (χ0v) is 17.7. The van der Waals surface area contributed by atoms with Crippen molar-refractivity contribution in [2.45, 2.75) is 20.8 Å². The van der Waals surface area contributed by atoms with E-state index < -0.39 is 0 Å². The molecular weight excluding hydrogens is 378 g/mol. The molecule has 0 radical (unpaired) electrons. The van der Waals surface area contributed by atoms with E-state index in [-0.39, 0.29) is 5.91 Å². The van der Waals surface area contributed by atoms with E-state index in [1.165, 1.54) is 0 Å². The van der Waals surface area contributed by atoms with Gasteiger partial charge < -0.3 is 18.8 Å². The fourth-order valence-electron chi connectivity index (χ4n) is 3.92. The maximum absolute atomic E-state index is 12.8. The molecule has 1 aliphatic rings. The first-order chi connectivity index (χ1) is 14.6. The Balaban J connectivity index is 1.81. The standard InChI is InChI=1S/C25H27NO4/c1-4-29-24-18(3)25-21(22(16-30-25)19-8-6-5-7-9-19)15-20(24)17(2)14-23(27)26-10-12-28-13-11-26/h5-9,14-16H,4,10-13H2,1-3H3/b17-14+. The fourth-order valence-corrected chi connectivity index (χ4v) is 3.92. The summed E-state index contributed by atoms with van der Waals surface area (Å²) in [7, 11) is 0. The van der Waals surface area contributed by atoms with Crippen molar-refractivity contribution >= 4 is 22.4 Å². The van der Waals surface area contributed by atoms with Crippen LogP contribution in [0.3, 0.4) is 0 Å². The highest BCUT2D eigenvalue weighted by atomic mass is 16.5. The van der Waals surface area contributed by atoms with Gasteiger partial charge in [0.1, 0.15) is 11.3 Å². The highest BCUT2D eigenvalue weighted by Gasteiger charge is 2.20. The molecule has 1 fully saturated rings. The number of morpholine rings is 1. The number of benzene rings is 2. The average molecular weight is 405 g/mol. The summed E-state index contributed by atoms with van der Waals surface area (Å²) in [5, 5.41) is 1.02. The van der Waals surface area contributed by atoms with Crippen molar-refractivity contribution < 1.29 is 18.7 Å². The number of carbonyl (C=O) groups is 1. The maximum atomic E-state index is 12.8. The Morgan fingerprint density at radius 2 is 1.93 bits per heavy atom. The maximum Gasteiger partial charge on any atom is 0.247 e. The number of fused-ring (bicyclic) bond motifs is 1. The minimum atomic E-state index is 0.00600. The summed E-state index contributed by atoms with van der Waals surface area (Å²) in [5.41, 5.74) is 5.68. The molecule has 0 unspecified atom stereocenters. The molecule has 0 spiro atoms. The van der Waals surface area contributed by atoms with Crippen molar-refractivity contribution in [2.75, 3.05) is 32.9 Å². The van der Waals surface area contributed by atoms with Gasteiger partial charge in [-0.2, -0.15) is 0 Å². The predicted molar refractivity (Wildman–Crippen MR) is 119 cm³/mol. The van der Waals surface area contributed by atoms with E-state index in [0.717, 1.165) is 44.5 Å². The van der Waals surface area contributed by atoms with Crippen LogP contribution in [-0.2, 0) is 9.53 Å². The number of allylic oxidation sites excluding steroid dienone is 1. The van der Waals surface area contributed by atoms with E-state index in [2.05, 4.69) is 18.2 Å². The molecule has 1 aliphatic heterocycles. The van der Waals surface area contributed by atoms with E-state index in [1.54, 1.807) is 12.3 Å². The third-order valence-electron chi connectivity index (χ3n) is 5.50. The molecular formula is C25H27NO4. The predicted octanol–water partition coefficient (Wildman–Crippen LogP) is 5.07. The van der Waals surface area contributed by atoms with Gasteiger partial charge in [0.05, 0.1) is 26.1 Å². The monoisotopic (exact) mass is 405 g/mol. The number of hydrogen-bond donors (Lipinski definition) is 0. The van der Waals surface area contributed by atoms with Crippen LogP contribution in [0.5, 0.6) is 5.75 Å². The molecule has 1 amide bonds. The van der Waals surface area contributed by atoms with Crippen molar-refractivity contribution in [3.63, 3.8) is 0 Å². The molecule has 0 saturated carbocycles. The van der Waals surface area contributed by atoms with Crippen LogP contribution in [0.2, 0.25) is 0 Å². The van der Waals surface area contributed by atoms with Gasteiger partial charge >= 0.3 is 0 Å². The van der Waals surface area contributed by atoms with E-state index in [4.69, 9.17) is 13.9 Å². The summed E-state index contributed by atoms with van der Waals surface area (Å²) >= 11 is 0. The van der Waals surface area contributed by atoms with Crippen molar-refractivity contribution in [2.24, 2.45) is 0 Å². The average Bonchev–Trinajstić information content (AvgIpc) is 3.21. The molecule has 30 heavy (non-hydrogen) atoms. The number of carbonyl (C=O) groups excluding carboxylic acids is 1. The van der Waals surface area contributed by atoms with Gasteiger partial charge in [-0.05, 0) is 38.0 Å². The Labute approximate surface area is 176 Å². The Morgan fingerprint density at radius 1 is 1.20 bits per heavy atom. The molecule has 2 aromatic carbocycles. The number of aryl methyl sites for hydroxylation is 1. The summed E-state index contributed by atoms with van der Waals surface area (Å²) in [6.45, 7) is 8.89. The molecule has 2 heterocycles. The van der Waals surface area contributed by atoms with E-state index >= 15 is 0 Å². The third-order valence-corrected chi connectivity index (χ3v) is 5.50. The smallest absolute Gasteiger partial charge is 0.247 e. The number of hydrogen-bond acceptors (Lipinski definition) is 4. The highest BCUT2D eigenvalue weighted by molar-refractivity contribution is 6.01. The van der Waals surface area contributed by atoms with Gasteiger partial charge in [0.2, 0.25) is 5.91 Å². The number of rotatable bonds is 5. The summed E-state index contributed by atoms with van der Waals surface area (Å²) < 4.78 is 17.3. The van der Waals surface area contributed by atoms with Gasteiger partial charge in [-0.3, -0.25) is 4.79 Å². The van der Waals surface area contributed by atoms with Crippen LogP contribution in [0, 0.1) is 6.92 Å². The second-order valence-corrected chi connectivity index (χ2v) is 7.47. The number of amides is 1. The van der Waals surface area contributed by atoms with E-state index in [0.29, 0.717) is 32.9 Å². The van der Waals surface area contributed by atoms with Crippen molar-refractivity contribution in [3.05, 3.63) is 59.9 Å². The lowest BCUT2D eigenvalue weighted by Gasteiger charge is -2.26. The second kappa shape index (κ2) is 8.76. The van der Waals surface area contributed by atoms with E-state index in [9.17, 15) is 4.79 Å². The first kappa shape index (κ1) is 20.2. The highest BCUT2D eigenvalue weighted by Crippen LogP contribution is 2.40. The lowest BCUT2D eigenvalue weighted by atomic mass is 9.96. The summed E-state index contributed by atoms with van der Waals surface area (Å²) in [4.78, 5) is 14.6. The SMILES string of the molecule is CCOc1c(/C(C)=C/C(=O)N2CCOCC2)cc2c(-c3ccccc3)coc2c1C. The zero-order chi connectivity index (χ0) is 21.1. The van der Waals surface area contributed by atoms with Gasteiger partial charge in [0.25, 0.3) is 0 Å². The first-order valence-corrected chi connectivity index (χ1v) is 10.4. The molecule has 0 atom stereocenters. The topological polar surface area (TPSA) is 51.9 Å². The number of nitrogens with zero attached hydrogens (tertiary/aromatic N) is 1. The lowest BCUT2D eigenvalue weighted by molar-refractivity contribution is -0.129. The number of ether oxygens (including phenoxy) is 2. The fraction of sp³-hybridized carbons (Fsp3) is 0.320. The van der Waals surface area contributed by atoms with Gasteiger partial charge in [0.15, 0.2) is 0 Å². The molecule has 0 bridgehead atoms. The van der Waals surface area contributed by atoms with Gasteiger partial charge in [-0.1, -0.05) is 30.3 Å². The first-order valence-electron chi connectivity index (χ1n) is 10.4. The molecule has 156 valence electrons. The summed E-state index contributed by atoms with van der Waals surface area (Å²) in [6.07, 6.45) is 3.50. The normalized spacial score (nSPS) is 14.9. The molecule has 0 aliphatic carbocycles. The summed E-state index contributed by atoms with van der Waals surface area (Å²) in [5.74, 6) is 0.772. The Morgan fingerprint density at radius 3 is 2.63 bits per heavy atom. The largest absolute Gasteiger partial charge is 0.493 e. The van der Waals surface area contributed by atoms with Crippen molar-refractivity contribution in [1.29, 1.82) is 0 Å². The molecule has 3 aromatic rings. The minimum Gasteiger partial charge on any atom is -0.493 e. The lowest BCUT2D eigenvalue weighted by Crippen LogP contribution is -2.39. The Hall–Kier alpha value is -3.05. The van der Waals surface area contributed by atoms with Gasteiger partial charge in [-0.25, -0.2) is 0 Å². The molecule has 1 saturated heterocycles. The molecule has 4 rings (SSSR count). The summed E-state index contributed by atoms with van der Waals surface area (Å²) in [6, 6.07) is 12.3. The molecule has 1 aromatic heterocycles. The zero-order valence-electron chi connectivity index (χ0n) is 17.7. The second-order valence-electron chi connectivity index (χ2n) is 7.47. The number of furan rings is 1. The van der Waals surface area contributed by atoms with Crippen LogP contribution in [0.25, 0.3) is 27.7 Å². The third kappa shape index (κ3) is 3.85. The Bertz CT molecular complexity index is 1080. The van der Waals surface area contributed by atoms with Crippen molar-refractivity contribution in [1.82, 2.24) is 4.90 Å². The van der Waals surface area contributed by atoms with Crippen LogP contribution in [0.4, 0.5) is 0 Å². The van der Waals surface area contributed by atoms with Crippen molar-refractivity contribution in [3.8, 4) is 16.9 Å².